The third-order valence-electron chi connectivity index (χ3n) is 0.475. The summed E-state index contributed by atoms with van der Waals surface area (Å²) in [6.45, 7) is 0.303. The second-order valence-electron chi connectivity index (χ2n) is 1.07. The van der Waals surface area contributed by atoms with E-state index in [0.29, 0.717) is 6.67 Å². The van der Waals surface area contributed by atoms with Gasteiger partial charge in [0.05, 0.1) is 13.0 Å². The van der Waals surface area contributed by atoms with E-state index in [1.165, 1.54) is 11.3 Å². The Hall–Kier alpha value is -0.610. The summed E-state index contributed by atoms with van der Waals surface area (Å²) in [7, 11) is 1.63. The molecule has 0 saturated heterocycles. The van der Waals surface area contributed by atoms with Crippen molar-refractivity contribution in [1.29, 1.82) is 0 Å². The van der Waals surface area contributed by atoms with Crippen LogP contribution in [-0.4, -0.2) is 25.1 Å². The lowest BCUT2D eigenvalue weighted by atomic mass is 11.0. The SMILES string of the molecule is C/N=C\N(N)CN. The predicted molar refractivity (Wildman–Crippen MR) is 29.5 cm³/mol. The number of hydrogen-bond donors (Lipinski definition) is 2. The molecule has 0 spiro atoms. The maximum absolute atomic E-state index is 5.14. The van der Waals surface area contributed by atoms with Crippen molar-refractivity contribution in [1.82, 2.24) is 5.01 Å². The predicted octanol–water partition coefficient (Wildman–Crippen LogP) is -1.26. The van der Waals surface area contributed by atoms with Crippen molar-refractivity contribution in [2.75, 3.05) is 13.7 Å². The van der Waals surface area contributed by atoms with Gasteiger partial charge in [0, 0.05) is 7.05 Å². The van der Waals surface area contributed by atoms with Gasteiger partial charge in [0.25, 0.3) is 0 Å². The van der Waals surface area contributed by atoms with Crippen LogP contribution in [0.15, 0.2) is 4.99 Å². The van der Waals surface area contributed by atoms with Gasteiger partial charge in [-0.25, -0.2) is 5.84 Å². The Kier molecular flexibility index (Phi) is 3.26. The highest BCUT2D eigenvalue weighted by Gasteiger charge is 1.78. The molecule has 0 bridgehead atoms. The quantitative estimate of drug-likeness (QED) is 0.150. The molecular formula is C3H10N4. The zero-order valence-electron chi connectivity index (χ0n) is 4.33. The Bertz CT molecular complexity index is 60.0. The van der Waals surface area contributed by atoms with Crippen molar-refractivity contribution in [3.63, 3.8) is 0 Å². The molecule has 0 aromatic rings. The molecule has 0 amide bonds. The largest absolute Gasteiger partial charge is 0.313 e. The summed E-state index contributed by atoms with van der Waals surface area (Å²) in [4.78, 5) is 3.60. The van der Waals surface area contributed by atoms with E-state index in [-0.39, 0.29) is 0 Å². The summed E-state index contributed by atoms with van der Waals surface area (Å²) in [5.74, 6) is 5.14. The first-order valence-electron chi connectivity index (χ1n) is 1.95. The second kappa shape index (κ2) is 3.58. The zero-order valence-corrected chi connectivity index (χ0v) is 4.33. The minimum absolute atomic E-state index is 0.303. The van der Waals surface area contributed by atoms with Crippen molar-refractivity contribution < 1.29 is 0 Å². The number of rotatable bonds is 2. The molecule has 0 aliphatic heterocycles. The lowest BCUT2D eigenvalue weighted by molar-refractivity contribution is 0.467. The van der Waals surface area contributed by atoms with Crippen molar-refractivity contribution in [3.8, 4) is 0 Å². The first-order valence-corrected chi connectivity index (χ1v) is 1.95. The molecule has 0 radical (unpaired) electrons. The maximum Gasteiger partial charge on any atom is 0.0999 e. The van der Waals surface area contributed by atoms with Crippen LogP contribution in [0.5, 0.6) is 0 Å². The van der Waals surface area contributed by atoms with Crippen LogP contribution in [0.4, 0.5) is 0 Å². The van der Waals surface area contributed by atoms with Gasteiger partial charge in [-0.2, -0.15) is 0 Å². The summed E-state index contributed by atoms with van der Waals surface area (Å²) in [6.07, 6.45) is 1.46. The first kappa shape index (κ1) is 6.39. The Morgan fingerprint density at radius 2 is 2.43 bits per heavy atom. The molecule has 0 rings (SSSR count). The van der Waals surface area contributed by atoms with Gasteiger partial charge in [-0.15, -0.1) is 0 Å². The van der Waals surface area contributed by atoms with E-state index in [9.17, 15) is 0 Å². The van der Waals surface area contributed by atoms with Gasteiger partial charge in [-0.1, -0.05) is 0 Å². The molecule has 4 N–H and O–H groups in total. The number of nitrogens with two attached hydrogens (primary N) is 2. The van der Waals surface area contributed by atoms with Crippen LogP contribution in [0.3, 0.4) is 0 Å². The highest BCUT2D eigenvalue weighted by molar-refractivity contribution is 5.53. The van der Waals surface area contributed by atoms with Crippen LogP contribution in [0.1, 0.15) is 0 Å². The molecule has 0 aromatic heterocycles. The van der Waals surface area contributed by atoms with E-state index >= 15 is 0 Å². The number of nitrogens with zero attached hydrogens (tertiary/aromatic N) is 2. The van der Waals surface area contributed by atoms with Gasteiger partial charge < -0.3 is 5.73 Å². The minimum atomic E-state index is 0.303. The highest BCUT2D eigenvalue weighted by atomic mass is 15.4. The Balaban J connectivity index is 3.16. The topological polar surface area (TPSA) is 67.6 Å². The second-order valence-corrected chi connectivity index (χ2v) is 1.07. The minimum Gasteiger partial charge on any atom is -0.313 e. The Morgan fingerprint density at radius 1 is 1.86 bits per heavy atom. The van der Waals surface area contributed by atoms with Crippen LogP contribution in [0.2, 0.25) is 0 Å². The van der Waals surface area contributed by atoms with Gasteiger partial charge in [0.1, 0.15) is 0 Å². The summed E-state index contributed by atoms with van der Waals surface area (Å²) < 4.78 is 0. The molecule has 4 nitrogen and oxygen atoms in total. The molecule has 0 unspecified atom stereocenters. The van der Waals surface area contributed by atoms with Crippen LogP contribution in [0, 0.1) is 0 Å². The number of aliphatic imine (C=N–C) groups is 1. The zero-order chi connectivity index (χ0) is 5.70. The van der Waals surface area contributed by atoms with E-state index < -0.39 is 0 Å². The monoisotopic (exact) mass is 102 g/mol. The van der Waals surface area contributed by atoms with E-state index in [1.807, 2.05) is 0 Å². The lowest BCUT2D eigenvalue weighted by Gasteiger charge is -2.05. The molecular weight excluding hydrogens is 92.1 g/mol. The van der Waals surface area contributed by atoms with Crippen molar-refractivity contribution in [2.45, 2.75) is 0 Å². The average Bonchev–Trinajstić information content (AvgIpc) is 1.68. The summed E-state index contributed by atoms with van der Waals surface area (Å²) in [6, 6.07) is 0. The van der Waals surface area contributed by atoms with E-state index in [4.69, 9.17) is 11.6 Å². The smallest absolute Gasteiger partial charge is 0.0999 e. The molecule has 0 aromatic carbocycles. The van der Waals surface area contributed by atoms with Crippen molar-refractivity contribution in [3.05, 3.63) is 0 Å². The molecule has 0 heterocycles. The van der Waals surface area contributed by atoms with Crippen molar-refractivity contribution >= 4 is 6.34 Å². The normalized spacial score (nSPS) is 10.1. The molecule has 0 aliphatic carbocycles. The van der Waals surface area contributed by atoms with Crippen LogP contribution in [-0.2, 0) is 0 Å². The molecule has 7 heavy (non-hydrogen) atoms. The fourth-order valence-electron chi connectivity index (χ4n) is 0.195. The molecule has 42 valence electrons. The van der Waals surface area contributed by atoms with Crippen LogP contribution < -0.4 is 11.6 Å². The molecule has 4 heteroatoms. The highest BCUT2D eigenvalue weighted by Crippen LogP contribution is 1.58. The van der Waals surface area contributed by atoms with Crippen LogP contribution >= 0.6 is 0 Å². The maximum atomic E-state index is 5.14. The molecule has 0 aliphatic rings. The van der Waals surface area contributed by atoms with Gasteiger partial charge >= 0.3 is 0 Å². The summed E-state index contributed by atoms with van der Waals surface area (Å²) in [5, 5.41) is 1.29. The van der Waals surface area contributed by atoms with E-state index in [2.05, 4.69) is 4.99 Å². The average molecular weight is 102 g/mol. The molecule has 0 fully saturated rings. The van der Waals surface area contributed by atoms with Gasteiger partial charge in [0.15, 0.2) is 0 Å². The van der Waals surface area contributed by atoms with Gasteiger partial charge in [-0.05, 0) is 0 Å². The fourth-order valence-corrected chi connectivity index (χ4v) is 0.195. The molecule has 0 saturated carbocycles. The standard InChI is InChI=1S/C3H10N4/c1-6-3-7(5)2-4/h3H,2,4-5H2,1H3/b6-3-. The third kappa shape index (κ3) is 3.21. The summed E-state index contributed by atoms with van der Waals surface area (Å²) in [5.41, 5.74) is 5.07. The first-order chi connectivity index (χ1) is 3.31. The fraction of sp³-hybridized carbons (Fsp3) is 0.667. The number of hydrazine groups is 1. The van der Waals surface area contributed by atoms with Gasteiger partial charge in [-0.3, -0.25) is 10.0 Å². The Labute approximate surface area is 42.8 Å². The Morgan fingerprint density at radius 3 is 2.57 bits per heavy atom. The van der Waals surface area contributed by atoms with E-state index in [0.717, 1.165) is 0 Å². The van der Waals surface area contributed by atoms with Crippen LogP contribution in [0.25, 0.3) is 0 Å². The third-order valence-corrected chi connectivity index (χ3v) is 0.475. The summed E-state index contributed by atoms with van der Waals surface area (Å²) >= 11 is 0. The van der Waals surface area contributed by atoms with Crippen molar-refractivity contribution in [2.24, 2.45) is 16.6 Å². The number of hydrogen-bond acceptors (Lipinski definition) is 3. The lowest BCUT2D eigenvalue weighted by Crippen LogP contribution is -2.34. The molecule has 0 atom stereocenters. The van der Waals surface area contributed by atoms with E-state index in [1.54, 1.807) is 7.05 Å². The van der Waals surface area contributed by atoms with Gasteiger partial charge in [0.2, 0.25) is 0 Å².